The molecule has 166 valence electrons. The van der Waals surface area contributed by atoms with Gasteiger partial charge in [0.2, 0.25) is 11.5 Å². The Morgan fingerprint density at radius 1 is 1.09 bits per heavy atom. The molecule has 7 nitrogen and oxygen atoms in total. The van der Waals surface area contributed by atoms with Crippen LogP contribution in [0.2, 0.25) is 0 Å². The maximum atomic E-state index is 13.3. The largest absolute Gasteiger partial charge is 0.467 e. The minimum absolute atomic E-state index is 0.0965. The van der Waals surface area contributed by atoms with Gasteiger partial charge in [-0.25, -0.2) is 4.98 Å². The Labute approximate surface area is 193 Å². The van der Waals surface area contributed by atoms with E-state index in [1.165, 1.54) is 16.3 Å². The van der Waals surface area contributed by atoms with Gasteiger partial charge in [0.25, 0.3) is 5.56 Å². The average molecular weight is 460 g/mol. The van der Waals surface area contributed by atoms with Crippen molar-refractivity contribution in [1.82, 2.24) is 9.55 Å². The number of nitrogens with one attached hydrogen (secondary N) is 1. The van der Waals surface area contributed by atoms with Crippen LogP contribution in [0.5, 0.6) is 0 Å². The maximum Gasteiger partial charge on any atom is 0.298 e. The lowest BCUT2D eigenvalue weighted by molar-refractivity contribution is -0.113. The van der Waals surface area contributed by atoms with Gasteiger partial charge in [0.1, 0.15) is 16.9 Å². The molecule has 0 aliphatic heterocycles. The number of furan rings is 2. The number of anilines is 1. The molecule has 1 N–H and O–H groups in total. The van der Waals surface area contributed by atoms with Gasteiger partial charge in [-0.15, -0.1) is 0 Å². The SMILES string of the molecule is Cc1cccc(NC(=O)CSc2nc3c(oc4ccccc43)c(=O)n2Cc2ccco2)c1C. The number of nitrogens with zero attached hydrogens (tertiary/aromatic N) is 2. The van der Waals surface area contributed by atoms with Gasteiger partial charge in [-0.3, -0.25) is 14.2 Å². The first-order valence-electron chi connectivity index (χ1n) is 10.4. The molecule has 8 heteroatoms. The molecule has 1 amide bonds. The second-order valence-corrected chi connectivity index (χ2v) is 8.67. The summed E-state index contributed by atoms with van der Waals surface area (Å²) < 4.78 is 12.7. The van der Waals surface area contributed by atoms with Gasteiger partial charge in [0, 0.05) is 11.1 Å². The van der Waals surface area contributed by atoms with Gasteiger partial charge in [-0.05, 0) is 55.3 Å². The van der Waals surface area contributed by atoms with Crippen LogP contribution in [0.25, 0.3) is 22.1 Å². The number of hydrogen-bond donors (Lipinski definition) is 1. The summed E-state index contributed by atoms with van der Waals surface area (Å²) in [6.45, 7) is 4.16. The molecule has 0 unspecified atom stereocenters. The van der Waals surface area contributed by atoms with E-state index in [0.717, 1.165) is 22.2 Å². The Morgan fingerprint density at radius 2 is 1.94 bits per heavy atom. The van der Waals surface area contributed by atoms with Crippen LogP contribution in [0.3, 0.4) is 0 Å². The van der Waals surface area contributed by atoms with Crippen molar-refractivity contribution in [1.29, 1.82) is 0 Å². The molecular weight excluding hydrogens is 438 g/mol. The van der Waals surface area contributed by atoms with E-state index < -0.39 is 0 Å². The number of amides is 1. The molecule has 0 saturated carbocycles. The fraction of sp³-hybridized carbons (Fsp3) is 0.160. The summed E-state index contributed by atoms with van der Waals surface area (Å²) in [7, 11) is 0. The van der Waals surface area contributed by atoms with E-state index in [0.29, 0.717) is 22.0 Å². The van der Waals surface area contributed by atoms with Gasteiger partial charge in [0.15, 0.2) is 5.16 Å². The summed E-state index contributed by atoms with van der Waals surface area (Å²) in [4.78, 5) is 30.8. The third-order valence-electron chi connectivity index (χ3n) is 5.55. The number of fused-ring (bicyclic) bond motifs is 3. The molecule has 0 fully saturated rings. The molecular formula is C25H21N3O4S. The molecule has 3 heterocycles. The maximum absolute atomic E-state index is 13.3. The van der Waals surface area contributed by atoms with Crippen LogP contribution < -0.4 is 10.9 Å². The molecule has 0 saturated heterocycles. The Morgan fingerprint density at radius 3 is 2.76 bits per heavy atom. The first-order valence-corrected chi connectivity index (χ1v) is 11.4. The highest BCUT2D eigenvalue weighted by molar-refractivity contribution is 7.99. The van der Waals surface area contributed by atoms with Gasteiger partial charge in [-0.2, -0.15) is 0 Å². The second kappa shape index (κ2) is 8.63. The lowest BCUT2D eigenvalue weighted by atomic mass is 10.1. The smallest absolute Gasteiger partial charge is 0.298 e. The van der Waals surface area contributed by atoms with Crippen LogP contribution >= 0.6 is 11.8 Å². The van der Waals surface area contributed by atoms with Crippen LogP contribution in [-0.4, -0.2) is 21.2 Å². The van der Waals surface area contributed by atoms with E-state index in [-0.39, 0.29) is 29.3 Å². The fourth-order valence-corrected chi connectivity index (χ4v) is 4.46. The van der Waals surface area contributed by atoms with Crippen molar-refractivity contribution in [3.05, 3.63) is 88.1 Å². The molecule has 0 atom stereocenters. The third-order valence-corrected chi connectivity index (χ3v) is 6.53. The minimum atomic E-state index is -0.315. The quantitative estimate of drug-likeness (QED) is 0.280. The van der Waals surface area contributed by atoms with E-state index >= 15 is 0 Å². The molecule has 5 rings (SSSR count). The molecule has 3 aromatic heterocycles. The number of carbonyl (C=O) groups excluding carboxylic acids is 1. The summed E-state index contributed by atoms with van der Waals surface area (Å²) in [5, 5.41) is 4.13. The van der Waals surface area contributed by atoms with E-state index in [1.807, 2.05) is 50.2 Å². The summed E-state index contributed by atoms with van der Waals surface area (Å²) in [6, 6.07) is 16.7. The summed E-state index contributed by atoms with van der Waals surface area (Å²) in [5.41, 5.74) is 3.86. The van der Waals surface area contributed by atoms with Crippen molar-refractivity contribution in [2.45, 2.75) is 25.5 Å². The number of benzene rings is 2. The van der Waals surface area contributed by atoms with Crippen LogP contribution in [0, 0.1) is 13.8 Å². The van der Waals surface area contributed by atoms with Crippen LogP contribution in [-0.2, 0) is 11.3 Å². The molecule has 33 heavy (non-hydrogen) atoms. The van der Waals surface area contributed by atoms with E-state index in [1.54, 1.807) is 24.5 Å². The van der Waals surface area contributed by atoms with Crippen molar-refractivity contribution < 1.29 is 13.6 Å². The zero-order valence-electron chi connectivity index (χ0n) is 18.1. The van der Waals surface area contributed by atoms with Crippen LogP contribution in [0.15, 0.2) is 79.6 Å². The number of aryl methyl sites for hydroxylation is 1. The predicted octanol–water partition coefficient (Wildman–Crippen LogP) is 5.13. The van der Waals surface area contributed by atoms with E-state index in [9.17, 15) is 9.59 Å². The van der Waals surface area contributed by atoms with Crippen molar-refractivity contribution >= 4 is 45.4 Å². The Kier molecular flexibility index (Phi) is 5.51. The van der Waals surface area contributed by atoms with Crippen LogP contribution in [0.4, 0.5) is 5.69 Å². The van der Waals surface area contributed by atoms with E-state index in [2.05, 4.69) is 5.32 Å². The Bertz CT molecular complexity index is 1530. The van der Waals surface area contributed by atoms with E-state index in [4.69, 9.17) is 13.8 Å². The van der Waals surface area contributed by atoms with Crippen molar-refractivity contribution in [2.75, 3.05) is 11.1 Å². The lowest BCUT2D eigenvalue weighted by Gasteiger charge is -2.12. The van der Waals surface area contributed by atoms with Crippen molar-refractivity contribution in [3.8, 4) is 0 Å². The normalized spacial score (nSPS) is 11.3. The van der Waals surface area contributed by atoms with Gasteiger partial charge in [0.05, 0.1) is 18.6 Å². The number of carbonyl (C=O) groups is 1. The van der Waals surface area contributed by atoms with Crippen molar-refractivity contribution in [2.24, 2.45) is 0 Å². The second-order valence-electron chi connectivity index (χ2n) is 7.73. The summed E-state index contributed by atoms with van der Waals surface area (Å²) in [6.07, 6.45) is 1.55. The molecule has 5 aromatic rings. The number of aromatic nitrogens is 2. The molecule has 0 aliphatic carbocycles. The van der Waals surface area contributed by atoms with Gasteiger partial charge < -0.3 is 14.2 Å². The number of para-hydroxylation sites is 1. The highest BCUT2D eigenvalue weighted by atomic mass is 32.2. The zero-order valence-corrected chi connectivity index (χ0v) is 18.9. The Balaban J connectivity index is 1.50. The zero-order chi connectivity index (χ0) is 22.9. The van der Waals surface area contributed by atoms with Crippen LogP contribution in [0.1, 0.15) is 16.9 Å². The standard InChI is InChI=1S/C25H21N3O4S/c1-15-7-5-10-19(16(15)2)26-21(29)14-33-25-27-22-18-9-3-4-11-20(18)32-23(22)24(30)28(25)13-17-8-6-12-31-17/h3-12H,13-14H2,1-2H3,(H,26,29). The fourth-order valence-electron chi connectivity index (χ4n) is 3.66. The third kappa shape index (κ3) is 4.05. The monoisotopic (exact) mass is 459 g/mol. The predicted molar refractivity (Wildman–Crippen MR) is 129 cm³/mol. The Hall–Kier alpha value is -3.78. The first-order chi connectivity index (χ1) is 16.0. The summed E-state index contributed by atoms with van der Waals surface area (Å²) in [5.74, 6) is 0.528. The molecule has 0 aliphatic rings. The molecule has 0 spiro atoms. The highest BCUT2D eigenvalue weighted by Crippen LogP contribution is 2.28. The lowest BCUT2D eigenvalue weighted by Crippen LogP contribution is -2.24. The number of rotatable bonds is 6. The molecule has 0 radical (unpaired) electrons. The molecule has 2 aromatic carbocycles. The molecule has 0 bridgehead atoms. The topological polar surface area (TPSA) is 90.3 Å². The average Bonchev–Trinajstić information content (AvgIpc) is 3.46. The van der Waals surface area contributed by atoms with Gasteiger partial charge in [-0.1, -0.05) is 36.0 Å². The number of thioether (sulfide) groups is 1. The van der Waals surface area contributed by atoms with Gasteiger partial charge >= 0.3 is 0 Å². The van der Waals surface area contributed by atoms with Crippen molar-refractivity contribution in [3.63, 3.8) is 0 Å². The minimum Gasteiger partial charge on any atom is -0.467 e. The number of hydrogen-bond acceptors (Lipinski definition) is 6. The first kappa shape index (κ1) is 21.1. The summed E-state index contributed by atoms with van der Waals surface area (Å²) >= 11 is 1.20. The highest BCUT2D eigenvalue weighted by Gasteiger charge is 2.19.